The zero-order valence-electron chi connectivity index (χ0n) is 9.91. The van der Waals surface area contributed by atoms with Crippen LogP contribution in [0.5, 0.6) is 0 Å². The first-order chi connectivity index (χ1) is 9.24. The van der Waals surface area contributed by atoms with Gasteiger partial charge < -0.3 is 4.57 Å². The minimum absolute atomic E-state index is 0.165. The second-order valence-corrected chi connectivity index (χ2v) is 4.11. The smallest absolute Gasteiger partial charge is 0.280 e. The van der Waals surface area contributed by atoms with Crippen LogP contribution < -0.4 is 11.1 Å². The van der Waals surface area contributed by atoms with Crippen LogP contribution in [0.3, 0.4) is 0 Å². The van der Waals surface area contributed by atoms with Crippen LogP contribution in [0, 0.1) is 0 Å². The monoisotopic (exact) mass is 254 g/mol. The molecule has 0 aliphatic rings. The molecule has 2 heterocycles. The molecule has 0 aliphatic heterocycles. The van der Waals surface area contributed by atoms with Crippen LogP contribution in [0.15, 0.2) is 52.4 Å². The van der Waals surface area contributed by atoms with Gasteiger partial charge in [-0.15, -0.1) is 0 Å². The molecule has 0 unspecified atom stereocenters. The van der Waals surface area contributed by atoms with E-state index in [9.17, 15) is 9.59 Å². The summed E-state index contributed by atoms with van der Waals surface area (Å²) in [6.45, 7) is 0.544. The van der Waals surface area contributed by atoms with Crippen molar-refractivity contribution < 1.29 is 0 Å². The first-order valence-electron chi connectivity index (χ1n) is 5.72. The molecule has 2 aromatic heterocycles. The van der Waals surface area contributed by atoms with Crippen molar-refractivity contribution in [2.45, 2.75) is 6.54 Å². The van der Waals surface area contributed by atoms with Crippen LogP contribution in [0.2, 0.25) is 0 Å². The lowest BCUT2D eigenvalue weighted by Crippen LogP contribution is -2.13. The largest absolute Gasteiger partial charge is 0.311 e. The molecule has 0 spiro atoms. The first kappa shape index (κ1) is 11.3. The minimum atomic E-state index is -0.533. The molecule has 6 heteroatoms. The summed E-state index contributed by atoms with van der Waals surface area (Å²) < 4.78 is 1.74. The van der Waals surface area contributed by atoms with Crippen molar-refractivity contribution in [3.8, 4) is 0 Å². The number of nitrogens with one attached hydrogen (secondary N) is 1. The van der Waals surface area contributed by atoms with Crippen molar-refractivity contribution in [2.75, 3.05) is 0 Å². The zero-order chi connectivity index (χ0) is 13.2. The van der Waals surface area contributed by atoms with Crippen LogP contribution in [-0.4, -0.2) is 19.5 Å². The van der Waals surface area contributed by atoms with Crippen LogP contribution in [0.4, 0.5) is 0 Å². The Kier molecular flexibility index (Phi) is 2.68. The minimum Gasteiger partial charge on any atom is -0.311 e. The highest BCUT2D eigenvalue weighted by molar-refractivity contribution is 5.68. The summed E-state index contributed by atoms with van der Waals surface area (Å²) >= 11 is 0. The van der Waals surface area contributed by atoms with Gasteiger partial charge in [0.1, 0.15) is 0 Å². The van der Waals surface area contributed by atoms with Crippen molar-refractivity contribution in [2.24, 2.45) is 0 Å². The van der Waals surface area contributed by atoms with Crippen LogP contribution in [-0.2, 0) is 6.54 Å². The van der Waals surface area contributed by atoms with E-state index in [4.69, 9.17) is 0 Å². The van der Waals surface area contributed by atoms with E-state index < -0.39 is 11.1 Å². The molecule has 0 fully saturated rings. The third-order valence-electron chi connectivity index (χ3n) is 2.76. The van der Waals surface area contributed by atoms with Crippen LogP contribution in [0.1, 0.15) is 5.56 Å². The summed E-state index contributed by atoms with van der Waals surface area (Å²) in [6.07, 6.45) is 2.64. The fourth-order valence-corrected chi connectivity index (χ4v) is 1.89. The number of hydrogen-bond donors (Lipinski definition) is 1. The van der Waals surface area contributed by atoms with Gasteiger partial charge in [-0.05, 0) is 5.56 Å². The number of H-pyrrole nitrogens is 1. The van der Waals surface area contributed by atoms with Crippen molar-refractivity contribution in [1.29, 1.82) is 0 Å². The molecule has 0 amide bonds. The van der Waals surface area contributed by atoms with Gasteiger partial charge in [0.15, 0.2) is 11.2 Å². The Morgan fingerprint density at radius 1 is 1.11 bits per heavy atom. The SMILES string of the molecule is O=c1cnc2c(ncn2Cc2ccccc2)c(=O)[nH]1. The van der Waals surface area contributed by atoms with Crippen molar-refractivity contribution in [1.82, 2.24) is 19.5 Å². The molecule has 0 bridgehead atoms. The standard InChI is InChI=1S/C13H10N4O2/c18-10-6-14-12-11(13(19)16-10)15-8-17(12)7-9-4-2-1-3-5-9/h1-6,8H,7H2,(H,16,18,19). The predicted octanol–water partition coefficient (Wildman–Crippen LogP) is 0.528. The predicted molar refractivity (Wildman–Crippen MR) is 70.0 cm³/mol. The molecule has 3 aromatic rings. The third-order valence-corrected chi connectivity index (χ3v) is 2.76. The number of aromatic amines is 1. The van der Waals surface area contributed by atoms with Gasteiger partial charge in [0.2, 0.25) is 0 Å². The van der Waals surface area contributed by atoms with Crippen LogP contribution in [0.25, 0.3) is 11.2 Å². The van der Waals surface area contributed by atoms with Crippen LogP contribution >= 0.6 is 0 Å². The lowest BCUT2D eigenvalue weighted by molar-refractivity contribution is 0.814. The van der Waals surface area contributed by atoms with E-state index in [1.54, 1.807) is 10.9 Å². The summed E-state index contributed by atoms with van der Waals surface area (Å²) in [5.74, 6) is 0. The maximum atomic E-state index is 11.7. The maximum Gasteiger partial charge on any atom is 0.280 e. The van der Waals surface area contributed by atoms with E-state index in [0.29, 0.717) is 12.2 Å². The molecular weight excluding hydrogens is 244 g/mol. The Bertz CT molecular complexity index is 836. The Labute approximate surface area is 107 Å². The molecule has 3 rings (SSSR count). The second kappa shape index (κ2) is 4.49. The fourth-order valence-electron chi connectivity index (χ4n) is 1.89. The zero-order valence-corrected chi connectivity index (χ0v) is 9.91. The number of rotatable bonds is 2. The van der Waals surface area contributed by atoms with E-state index in [2.05, 4.69) is 15.0 Å². The number of aromatic nitrogens is 4. The average molecular weight is 254 g/mol. The number of imidazole rings is 1. The number of fused-ring (bicyclic) bond motifs is 1. The van der Waals surface area contributed by atoms with Crippen molar-refractivity contribution >= 4 is 11.2 Å². The molecule has 1 N–H and O–H groups in total. The van der Waals surface area contributed by atoms with E-state index in [0.717, 1.165) is 11.8 Å². The highest BCUT2D eigenvalue weighted by atomic mass is 16.2. The normalized spacial score (nSPS) is 10.7. The quantitative estimate of drug-likeness (QED) is 0.723. The Hall–Kier alpha value is -2.76. The summed E-state index contributed by atoms with van der Waals surface area (Å²) in [4.78, 5) is 33.1. The average Bonchev–Trinajstić information content (AvgIpc) is 2.74. The fraction of sp³-hybridized carbons (Fsp3) is 0.0769. The molecule has 0 aliphatic carbocycles. The van der Waals surface area contributed by atoms with Gasteiger partial charge in [-0.2, -0.15) is 0 Å². The Morgan fingerprint density at radius 3 is 2.68 bits per heavy atom. The highest BCUT2D eigenvalue weighted by Crippen LogP contribution is 2.07. The van der Waals surface area contributed by atoms with Gasteiger partial charge in [-0.1, -0.05) is 30.3 Å². The Balaban J connectivity index is 2.16. The van der Waals surface area contributed by atoms with Gasteiger partial charge in [0, 0.05) is 0 Å². The third kappa shape index (κ3) is 2.15. The number of benzene rings is 1. The molecule has 1 aromatic carbocycles. The topological polar surface area (TPSA) is 80.6 Å². The lowest BCUT2D eigenvalue weighted by Gasteiger charge is -2.02. The maximum absolute atomic E-state index is 11.7. The summed E-state index contributed by atoms with van der Waals surface area (Å²) in [6, 6.07) is 9.74. The van der Waals surface area contributed by atoms with E-state index in [-0.39, 0.29) is 5.52 Å². The second-order valence-electron chi connectivity index (χ2n) is 4.11. The molecular formula is C13H10N4O2. The number of hydrogen-bond acceptors (Lipinski definition) is 4. The molecule has 0 saturated heterocycles. The molecule has 0 atom stereocenters. The molecule has 19 heavy (non-hydrogen) atoms. The van der Waals surface area contributed by atoms with E-state index in [1.165, 1.54) is 0 Å². The molecule has 0 saturated carbocycles. The van der Waals surface area contributed by atoms with Crippen molar-refractivity contribution in [3.63, 3.8) is 0 Å². The van der Waals surface area contributed by atoms with Crippen molar-refractivity contribution in [3.05, 3.63) is 69.1 Å². The van der Waals surface area contributed by atoms with Gasteiger partial charge in [0.25, 0.3) is 11.1 Å². The molecule has 0 radical (unpaired) electrons. The van der Waals surface area contributed by atoms with Gasteiger partial charge in [0.05, 0.1) is 19.1 Å². The molecule has 6 nitrogen and oxygen atoms in total. The first-order valence-corrected chi connectivity index (χ1v) is 5.72. The van der Waals surface area contributed by atoms with Gasteiger partial charge in [-0.25, -0.2) is 9.97 Å². The van der Waals surface area contributed by atoms with E-state index in [1.807, 2.05) is 30.3 Å². The van der Waals surface area contributed by atoms with Gasteiger partial charge in [-0.3, -0.25) is 14.6 Å². The van der Waals surface area contributed by atoms with Gasteiger partial charge >= 0.3 is 0 Å². The summed E-state index contributed by atoms with van der Waals surface area (Å²) in [5, 5.41) is 0. The number of nitrogens with zero attached hydrogens (tertiary/aromatic N) is 3. The Morgan fingerprint density at radius 2 is 1.89 bits per heavy atom. The summed E-state index contributed by atoms with van der Waals surface area (Å²) in [7, 11) is 0. The lowest BCUT2D eigenvalue weighted by atomic mass is 10.2. The highest BCUT2D eigenvalue weighted by Gasteiger charge is 2.07. The van der Waals surface area contributed by atoms with E-state index >= 15 is 0 Å². The molecule has 94 valence electrons. The summed E-state index contributed by atoms with van der Waals surface area (Å²) in [5.41, 5.74) is 0.567.